The first-order chi connectivity index (χ1) is 8.10. The van der Waals surface area contributed by atoms with Gasteiger partial charge in [0.05, 0.1) is 5.41 Å². The van der Waals surface area contributed by atoms with E-state index in [2.05, 4.69) is 20.8 Å². The molecule has 3 nitrogen and oxygen atoms in total. The van der Waals surface area contributed by atoms with Crippen LogP contribution in [0, 0.1) is 10.8 Å². The SMILES string of the molecule is CC(C)(C)CC(C)(CN)C(=O)OC1(C)CCCC1. The molecular formula is C15H29NO2. The molecule has 0 aromatic carbocycles. The van der Waals surface area contributed by atoms with Crippen molar-refractivity contribution >= 4 is 5.97 Å². The normalized spacial score (nSPS) is 22.6. The van der Waals surface area contributed by atoms with Crippen LogP contribution < -0.4 is 5.73 Å². The highest BCUT2D eigenvalue weighted by Crippen LogP contribution is 2.38. The molecule has 1 atom stereocenters. The molecule has 0 aromatic rings. The first-order valence-corrected chi connectivity index (χ1v) is 7.04. The molecule has 0 amide bonds. The lowest BCUT2D eigenvalue weighted by Crippen LogP contribution is -2.44. The zero-order valence-corrected chi connectivity index (χ0v) is 12.6. The van der Waals surface area contributed by atoms with Gasteiger partial charge in [0.2, 0.25) is 0 Å². The van der Waals surface area contributed by atoms with E-state index in [1.165, 1.54) is 0 Å². The Morgan fingerprint density at radius 2 is 1.72 bits per heavy atom. The van der Waals surface area contributed by atoms with Gasteiger partial charge in [-0.3, -0.25) is 4.79 Å². The Morgan fingerprint density at radius 3 is 2.11 bits per heavy atom. The molecule has 106 valence electrons. The summed E-state index contributed by atoms with van der Waals surface area (Å²) >= 11 is 0. The largest absolute Gasteiger partial charge is 0.459 e. The van der Waals surface area contributed by atoms with Crippen LogP contribution in [-0.4, -0.2) is 18.1 Å². The molecule has 0 aliphatic heterocycles. The summed E-state index contributed by atoms with van der Waals surface area (Å²) in [6.45, 7) is 10.7. The lowest BCUT2D eigenvalue weighted by molar-refractivity contribution is -0.170. The number of hydrogen-bond donors (Lipinski definition) is 1. The van der Waals surface area contributed by atoms with Gasteiger partial charge in [0.25, 0.3) is 0 Å². The lowest BCUT2D eigenvalue weighted by Gasteiger charge is -2.36. The molecule has 1 saturated carbocycles. The summed E-state index contributed by atoms with van der Waals surface area (Å²) in [5.74, 6) is -0.121. The Balaban J connectivity index is 2.72. The summed E-state index contributed by atoms with van der Waals surface area (Å²) in [5.41, 5.74) is 5.08. The minimum absolute atomic E-state index is 0.0731. The van der Waals surface area contributed by atoms with Gasteiger partial charge in [0.15, 0.2) is 0 Å². The van der Waals surface area contributed by atoms with Crippen molar-refractivity contribution in [2.45, 2.75) is 72.3 Å². The highest BCUT2D eigenvalue weighted by atomic mass is 16.6. The first kappa shape index (κ1) is 15.5. The molecule has 1 unspecified atom stereocenters. The summed E-state index contributed by atoms with van der Waals surface area (Å²) in [6, 6.07) is 0. The minimum Gasteiger partial charge on any atom is -0.459 e. The van der Waals surface area contributed by atoms with Crippen LogP contribution in [0.5, 0.6) is 0 Å². The molecule has 0 saturated heterocycles. The summed E-state index contributed by atoms with van der Waals surface area (Å²) in [5, 5.41) is 0. The van der Waals surface area contributed by atoms with E-state index >= 15 is 0 Å². The van der Waals surface area contributed by atoms with Gasteiger partial charge in [-0.2, -0.15) is 0 Å². The van der Waals surface area contributed by atoms with E-state index < -0.39 is 5.41 Å². The average molecular weight is 255 g/mol. The Bertz CT molecular complexity index is 300. The van der Waals surface area contributed by atoms with Gasteiger partial charge in [0.1, 0.15) is 5.60 Å². The van der Waals surface area contributed by atoms with Crippen LogP contribution in [0.2, 0.25) is 0 Å². The van der Waals surface area contributed by atoms with Crippen molar-refractivity contribution in [2.24, 2.45) is 16.6 Å². The average Bonchev–Trinajstić information content (AvgIpc) is 2.62. The minimum atomic E-state index is -0.566. The number of ether oxygens (including phenoxy) is 1. The second-order valence-corrected chi connectivity index (χ2v) is 7.55. The van der Waals surface area contributed by atoms with Crippen LogP contribution in [0.3, 0.4) is 0 Å². The van der Waals surface area contributed by atoms with E-state index in [4.69, 9.17) is 10.5 Å². The molecule has 1 fully saturated rings. The van der Waals surface area contributed by atoms with Crippen LogP contribution in [0.25, 0.3) is 0 Å². The van der Waals surface area contributed by atoms with E-state index in [1.54, 1.807) is 0 Å². The lowest BCUT2D eigenvalue weighted by atomic mass is 9.75. The van der Waals surface area contributed by atoms with E-state index in [0.29, 0.717) is 6.54 Å². The maximum atomic E-state index is 12.4. The Labute approximate surface area is 111 Å². The van der Waals surface area contributed by atoms with Crippen LogP contribution >= 0.6 is 0 Å². The van der Waals surface area contributed by atoms with Gasteiger partial charge >= 0.3 is 5.97 Å². The van der Waals surface area contributed by atoms with Gasteiger partial charge in [-0.1, -0.05) is 20.8 Å². The zero-order valence-electron chi connectivity index (χ0n) is 12.6. The fourth-order valence-electron chi connectivity index (χ4n) is 2.97. The number of nitrogens with two attached hydrogens (primary N) is 1. The first-order valence-electron chi connectivity index (χ1n) is 7.04. The highest BCUT2D eigenvalue weighted by molar-refractivity contribution is 5.77. The predicted octanol–water partition coefficient (Wildman–Crippen LogP) is 3.26. The van der Waals surface area contributed by atoms with E-state index in [-0.39, 0.29) is 17.0 Å². The van der Waals surface area contributed by atoms with Gasteiger partial charge in [-0.15, -0.1) is 0 Å². The van der Waals surface area contributed by atoms with E-state index in [9.17, 15) is 4.79 Å². The molecule has 1 rings (SSSR count). The van der Waals surface area contributed by atoms with E-state index in [1.807, 2.05) is 13.8 Å². The van der Waals surface area contributed by atoms with Crippen molar-refractivity contribution < 1.29 is 9.53 Å². The number of rotatable bonds is 4. The van der Waals surface area contributed by atoms with Gasteiger partial charge in [-0.25, -0.2) is 0 Å². The predicted molar refractivity (Wildman–Crippen MR) is 74.2 cm³/mol. The molecule has 1 aliphatic carbocycles. The van der Waals surface area contributed by atoms with Crippen LogP contribution in [0.15, 0.2) is 0 Å². The van der Waals surface area contributed by atoms with Crippen LogP contribution in [0.1, 0.15) is 66.7 Å². The quantitative estimate of drug-likeness (QED) is 0.784. The van der Waals surface area contributed by atoms with Crippen molar-refractivity contribution in [1.82, 2.24) is 0 Å². The summed E-state index contributed by atoms with van der Waals surface area (Å²) in [4.78, 5) is 12.4. The third-order valence-electron chi connectivity index (χ3n) is 3.86. The summed E-state index contributed by atoms with van der Waals surface area (Å²) in [6.07, 6.45) is 5.03. The number of carbonyl (C=O) groups is 1. The molecule has 0 radical (unpaired) electrons. The molecule has 0 aromatic heterocycles. The van der Waals surface area contributed by atoms with E-state index in [0.717, 1.165) is 32.1 Å². The fraction of sp³-hybridized carbons (Fsp3) is 0.933. The molecule has 1 aliphatic rings. The van der Waals surface area contributed by atoms with Crippen molar-refractivity contribution in [3.8, 4) is 0 Å². The zero-order chi connectivity index (χ0) is 14.0. The van der Waals surface area contributed by atoms with Crippen molar-refractivity contribution in [3.63, 3.8) is 0 Å². The molecule has 0 heterocycles. The van der Waals surface area contributed by atoms with Crippen molar-refractivity contribution in [3.05, 3.63) is 0 Å². The Morgan fingerprint density at radius 1 is 1.22 bits per heavy atom. The molecule has 18 heavy (non-hydrogen) atoms. The number of esters is 1. The monoisotopic (exact) mass is 255 g/mol. The smallest absolute Gasteiger partial charge is 0.313 e. The Kier molecular flexibility index (Phi) is 4.47. The third-order valence-corrected chi connectivity index (χ3v) is 3.86. The van der Waals surface area contributed by atoms with Crippen molar-refractivity contribution in [1.29, 1.82) is 0 Å². The van der Waals surface area contributed by atoms with Crippen LogP contribution in [0.4, 0.5) is 0 Å². The maximum absolute atomic E-state index is 12.4. The molecule has 2 N–H and O–H groups in total. The number of hydrogen-bond acceptors (Lipinski definition) is 3. The summed E-state index contributed by atoms with van der Waals surface area (Å²) < 4.78 is 5.78. The second kappa shape index (κ2) is 5.20. The topological polar surface area (TPSA) is 52.3 Å². The van der Waals surface area contributed by atoms with Gasteiger partial charge in [-0.05, 0) is 51.4 Å². The summed E-state index contributed by atoms with van der Waals surface area (Å²) in [7, 11) is 0. The Hall–Kier alpha value is -0.570. The standard InChI is InChI=1S/C15H29NO2/c1-13(2,3)10-14(4,11-16)12(17)18-15(5)8-6-7-9-15/h6-11,16H2,1-5H3. The molecule has 0 spiro atoms. The highest BCUT2D eigenvalue weighted by Gasteiger charge is 2.42. The van der Waals surface area contributed by atoms with Gasteiger partial charge in [0, 0.05) is 6.54 Å². The van der Waals surface area contributed by atoms with Crippen LogP contribution in [-0.2, 0) is 9.53 Å². The second-order valence-electron chi connectivity index (χ2n) is 7.55. The fourth-order valence-corrected chi connectivity index (χ4v) is 2.97. The molecular weight excluding hydrogens is 226 g/mol. The van der Waals surface area contributed by atoms with Gasteiger partial charge < -0.3 is 10.5 Å². The third kappa shape index (κ3) is 3.98. The number of carbonyl (C=O) groups excluding carboxylic acids is 1. The van der Waals surface area contributed by atoms with Crippen molar-refractivity contribution in [2.75, 3.05) is 6.54 Å². The molecule has 3 heteroatoms. The maximum Gasteiger partial charge on any atom is 0.313 e. The molecule has 0 bridgehead atoms.